The fraction of sp³-hybridized carbons (Fsp3) is 0.150. The number of rotatable bonds is 6. The van der Waals surface area contributed by atoms with E-state index in [1.807, 2.05) is 30.3 Å². The topological polar surface area (TPSA) is 51.6 Å². The molecular formula is C20H18FNO3. The number of pyridine rings is 1. The minimum atomic E-state index is -0.456. The van der Waals surface area contributed by atoms with Crippen molar-refractivity contribution >= 4 is 0 Å². The Morgan fingerprint density at radius 2 is 1.88 bits per heavy atom. The van der Waals surface area contributed by atoms with E-state index in [0.29, 0.717) is 34.9 Å². The Labute approximate surface area is 145 Å². The Hall–Kier alpha value is -2.92. The number of aromatic nitrogens is 1. The summed E-state index contributed by atoms with van der Waals surface area (Å²) < 4.78 is 24.9. The smallest absolute Gasteiger partial charge is 0.213 e. The summed E-state index contributed by atoms with van der Waals surface area (Å²) in [5.41, 5.74) is 2.59. The van der Waals surface area contributed by atoms with Gasteiger partial charge in [-0.25, -0.2) is 9.37 Å². The summed E-state index contributed by atoms with van der Waals surface area (Å²) in [6, 6.07) is 16.5. The second-order valence-corrected chi connectivity index (χ2v) is 5.46. The molecule has 0 aliphatic carbocycles. The first-order valence-corrected chi connectivity index (χ1v) is 7.81. The summed E-state index contributed by atoms with van der Waals surface area (Å²) in [6.45, 7) is 0.187. The molecule has 128 valence electrons. The molecule has 0 spiro atoms. The van der Waals surface area contributed by atoms with Crippen molar-refractivity contribution in [2.24, 2.45) is 0 Å². The quantitative estimate of drug-likeness (QED) is 0.738. The Morgan fingerprint density at radius 3 is 2.60 bits per heavy atom. The number of ether oxygens (including phenoxy) is 2. The molecule has 4 nitrogen and oxygen atoms in total. The molecule has 0 saturated carbocycles. The largest absolute Gasteiger partial charge is 0.489 e. The highest BCUT2D eigenvalue weighted by molar-refractivity contribution is 5.67. The third-order valence-electron chi connectivity index (χ3n) is 3.82. The van der Waals surface area contributed by atoms with Crippen molar-refractivity contribution in [2.45, 2.75) is 13.2 Å². The average Bonchev–Trinajstić information content (AvgIpc) is 2.67. The van der Waals surface area contributed by atoms with E-state index in [9.17, 15) is 9.50 Å². The van der Waals surface area contributed by atoms with Crippen LogP contribution in [0.2, 0.25) is 0 Å². The molecular weight excluding hydrogens is 321 g/mol. The molecule has 1 aromatic heterocycles. The summed E-state index contributed by atoms with van der Waals surface area (Å²) in [7, 11) is 1.48. The average molecular weight is 339 g/mol. The second-order valence-electron chi connectivity index (χ2n) is 5.46. The molecule has 3 aromatic rings. The summed E-state index contributed by atoms with van der Waals surface area (Å²) in [6.07, 6.45) is 1.12. The fourth-order valence-electron chi connectivity index (χ4n) is 2.50. The molecule has 2 aromatic carbocycles. The van der Waals surface area contributed by atoms with Crippen LogP contribution in [0.1, 0.15) is 11.1 Å². The van der Waals surface area contributed by atoms with Crippen molar-refractivity contribution in [1.29, 1.82) is 0 Å². The lowest BCUT2D eigenvalue weighted by Crippen LogP contribution is -1.99. The molecule has 0 radical (unpaired) electrons. The van der Waals surface area contributed by atoms with Crippen LogP contribution in [-0.2, 0) is 13.2 Å². The maximum Gasteiger partial charge on any atom is 0.213 e. The van der Waals surface area contributed by atoms with Gasteiger partial charge in [-0.1, -0.05) is 36.4 Å². The van der Waals surface area contributed by atoms with Gasteiger partial charge in [-0.2, -0.15) is 0 Å². The first-order valence-electron chi connectivity index (χ1n) is 7.81. The normalized spacial score (nSPS) is 10.5. The van der Waals surface area contributed by atoms with Crippen LogP contribution in [0.15, 0.2) is 60.8 Å². The van der Waals surface area contributed by atoms with E-state index < -0.39 is 5.82 Å². The van der Waals surface area contributed by atoms with E-state index in [0.717, 1.165) is 11.8 Å². The Kier molecular flexibility index (Phi) is 5.26. The fourth-order valence-corrected chi connectivity index (χ4v) is 2.50. The van der Waals surface area contributed by atoms with Crippen LogP contribution in [0, 0.1) is 5.82 Å². The molecule has 0 aliphatic rings. The van der Waals surface area contributed by atoms with Crippen molar-refractivity contribution in [3.05, 3.63) is 77.7 Å². The highest BCUT2D eigenvalue weighted by Crippen LogP contribution is 2.30. The van der Waals surface area contributed by atoms with Crippen molar-refractivity contribution < 1.29 is 19.0 Å². The monoisotopic (exact) mass is 339 g/mol. The molecule has 0 amide bonds. The Morgan fingerprint density at radius 1 is 1.08 bits per heavy atom. The lowest BCUT2D eigenvalue weighted by molar-refractivity contribution is 0.259. The lowest BCUT2D eigenvalue weighted by Gasteiger charge is -2.13. The second kappa shape index (κ2) is 7.77. The zero-order valence-electron chi connectivity index (χ0n) is 13.8. The first-order chi connectivity index (χ1) is 12.2. The summed E-state index contributed by atoms with van der Waals surface area (Å²) in [5.74, 6) is 0.436. The molecule has 0 saturated heterocycles. The van der Waals surface area contributed by atoms with Crippen molar-refractivity contribution in [2.75, 3.05) is 7.11 Å². The highest BCUT2D eigenvalue weighted by Gasteiger charge is 2.11. The molecule has 0 unspecified atom stereocenters. The number of benzene rings is 2. The number of hydrogen-bond donors (Lipinski definition) is 1. The van der Waals surface area contributed by atoms with Gasteiger partial charge in [0.1, 0.15) is 18.2 Å². The van der Waals surface area contributed by atoms with Gasteiger partial charge in [0.15, 0.2) is 0 Å². The van der Waals surface area contributed by atoms with Gasteiger partial charge in [0.2, 0.25) is 5.88 Å². The van der Waals surface area contributed by atoms with Crippen LogP contribution in [0.4, 0.5) is 4.39 Å². The molecule has 0 bridgehead atoms. The van der Waals surface area contributed by atoms with Crippen molar-refractivity contribution in [3.8, 4) is 22.8 Å². The molecule has 1 heterocycles. The van der Waals surface area contributed by atoms with Crippen LogP contribution in [0.25, 0.3) is 11.1 Å². The number of nitrogens with zero attached hydrogens (tertiary/aromatic N) is 1. The van der Waals surface area contributed by atoms with Crippen LogP contribution < -0.4 is 9.47 Å². The van der Waals surface area contributed by atoms with Gasteiger partial charge in [0, 0.05) is 17.2 Å². The lowest BCUT2D eigenvalue weighted by atomic mass is 10.0. The van der Waals surface area contributed by atoms with Crippen LogP contribution in [-0.4, -0.2) is 17.2 Å². The minimum Gasteiger partial charge on any atom is -0.489 e. The Balaban J connectivity index is 1.87. The molecule has 1 N–H and O–H groups in total. The molecule has 0 atom stereocenters. The van der Waals surface area contributed by atoms with E-state index in [-0.39, 0.29) is 6.61 Å². The predicted octanol–water partition coefficient (Wildman–Crippen LogP) is 3.97. The van der Waals surface area contributed by atoms with E-state index in [4.69, 9.17) is 9.47 Å². The Bertz CT molecular complexity index is 853. The SMILES string of the molecule is COc1cc(-c2ccc(OCc3ccccc3)c(CO)c2)c(F)cn1. The maximum absolute atomic E-state index is 14.1. The third kappa shape index (κ3) is 3.95. The van der Waals surface area contributed by atoms with Gasteiger partial charge >= 0.3 is 0 Å². The van der Waals surface area contributed by atoms with Crippen molar-refractivity contribution in [3.63, 3.8) is 0 Å². The van der Waals surface area contributed by atoms with E-state index in [1.165, 1.54) is 13.2 Å². The van der Waals surface area contributed by atoms with E-state index in [2.05, 4.69) is 4.98 Å². The predicted molar refractivity (Wildman–Crippen MR) is 92.9 cm³/mol. The van der Waals surface area contributed by atoms with Crippen LogP contribution in [0.3, 0.4) is 0 Å². The molecule has 0 aliphatic heterocycles. The van der Waals surface area contributed by atoms with Gasteiger partial charge in [0.25, 0.3) is 0 Å². The molecule has 5 heteroatoms. The summed E-state index contributed by atoms with van der Waals surface area (Å²) in [5, 5.41) is 9.65. The molecule has 3 rings (SSSR count). The number of methoxy groups -OCH3 is 1. The standard InChI is InChI=1S/C20H18FNO3/c1-24-20-10-17(18(21)11-22-20)15-7-8-19(16(9-15)12-23)25-13-14-5-3-2-4-6-14/h2-11,23H,12-13H2,1H3. The number of aliphatic hydroxyl groups is 1. The van der Waals surface area contributed by atoms with Crippen molar-refractivity contribution in [1.82, 2.24) is 4.98 Å². The van der Waals surface area contributed by atoms with E-state index >= 15 is 0 Å². The van der Waals surface area contributed by atoms with Crippen LogP contribution in [0.5, 0.6) is 11.6 Å². The zero-order chi connectivity index (χ0) is 17.6. The van der Waals surface area contributed by atoms with Gasteiger partial charge in [-0.15, -0.1) is 0 Å². The van der Waals surface area contributed by atoms with E-state index in [1.54, 1.807) is 18.2 Å². The zero-order valence-corrected chi connectivity index (χ0v) is 13.8. The van der Waals surface area contributed by atoms with Crippen LogP contribution >= 0.6 is 0 Å². The maximum atomic E-state index is 14.1. The summed E-state index contributed by atoms with van der Waals surface area (Å²) >= 11 is 0. The molecule has 25 heavy (non-hydrogen) atoms. The summed E-state index contributed by atoms with van der Waals surface area (Å²) in [4.78, 5) is 3.83. The number of aliphatic hydroxyl groups excluding tert-OH is 1. The minimum absolute atomic E-state index is 0.207. The van der Waals surface area contributed by atoms with Gasteiger partial charge in [0.05, 0.1) is 19.9 Å². The molecule has 0 fully saturated rings. The highest BCUT2D eigenvalue weighted by atomic mass is 19.1. The van der Waals surface area contributed by atoms with Gasteiger partial charge in [-0.3, -0.25) is 0 Å². The number of halogens is 1. The van der Waals surface area contributed by atoms with Gasteiger partial charge < -0.3 is 14.6 Å². The first kappa shape index (κ1) is 16.9. The van der Waals surface area contributed by atoms with Gasteiger partial charge in [-0.05, 0) is 23.3 Å². The third-order valence-corrected chi connectivity index (χ3v) is 3.82. The number of hydrogen-bond acceptors (Lipinski definition) is 4.